The molecule has 3 N–H and O–H groups in total. The third kappa shape index (κ3) is 3.55. The number of carboxylic acid groups (broad SMARTS) is 1. The molecule has 2 rings (SSSR count). The van der Waals surface area contributed by atoms with Gasteiger partial charge in [-0.25, -0.2) is 0 Å². The molecule has 1 heterocycles. The van der Waals surface area contributed by atoms with Crippen LogP contribution in [0.3, 0.4) is 0 Å². The van der Waals surface area contributed by atoms with E-state index in [2.05, 4.69) is 10.6 Å². The van der Waals surface area contributed by atoms with E-state index in [0.29, 0.717) is 11.3 Å². The molecule has 1 aromatic rings. The van der Waals surface area contributed by atoms with Gasteiger partial charge in [0.1, 0.15) is 0 Å². The van der Waals surface area contributed by atoms with E-state index in [4.69, 9.17) is 5.11 Å². The first-order valence-corrected chi connectivity index (χ1v) is 7.39. The first kappa shape index (κ1) is 15.4. The highest BCUT2D eigenvalue weighted by atomic mass is 32.2. The van der Waals surface area contributed by atoms with Gasteiger partial charge in [-0.3, -0.25) is 14.4 Å². The van der Waals surface area contributed by atoms with E-state index in [0.717, 1.165) is 4.90 Å². The second kappa shape index (κ2) is 6.17. The van der Waals surface area contributed by atoms with Crippen molar-refractivity contribution in [1.29, 1.82) is 0 Å². The Morgan fingerprint density at radius 3 is 2.86 bits per heavy atom. The lowest BCUT2D eigenvalue weighted by molar-refractivity contribution is -0.140. The van der Waals surface area contributed by atoms with Crippen LogP contribution in [0.4, 0.5) is 5.69 Å². The molecule has 1 aromatic carbocycles. The largest absolute Gasteiger partial charge is 0.481 e. The molecule has 2 amide bonds. The quantitative estimate of drug-likeness (QED) is 0.784. The van der Waals surface area contributed by atoms with Gasteiger partial charge in [-0.2, -0.15) is 0 Å². The average molecular weight is 308 g/mol. The van der Waals surface area contributed by atoms with Crippen molar-refractivity contribution in [2.45, 2.75) is 24.0 Å². The SMILES string of the molecule is CC(CNC(=O)c1ccc2c(c1)NC(=O)C(C)S2)C(=O)O. The summed E-state index contributed by atoms with van der Waals surface area (Å²) in [4.78, 5) is 35.2. The zero-order valence-corrected chi connectivity index (χ0v) is 12.5. The lowest BCUT2D eigenvalue weighted by atomic mass is 10.1. The van der Waals surface area contributed by atoms with E-state index in [-0.39, 0.29) is 23.6 Å². The molecular weight excluding hydrogens is 292 g/mol. The second-order valence-corrected chi connectivity index (χ2v) is 6.29. The van der Waals surface area contributed by atoms with Gasteiger partial charge in [-0.05, 0) is 25.1 Å². The summed E-state index contributed by atoms with van der Waals surface area (Å²) in [5, 5.41) is 13.9. The first-order chi connectivity index (χ1) is 9.88. The van der Waals surface area contributed by atoms with E-state index in [1.54, 1.807) is 18.2 Å². The predicted octanol–water partition coefficient (Wildman–Crippen LogP) is 1.57. The van der Waals surface area contributed by atoms with E-state index in [9.17, 15) is 14.4 Å². The molecule has 1 aliphatic rings. The number of fused-ring (bicyclic) bond motifs is 1. The minimum atomic E-state index is -0.960. The van der Waals surface area contributed by atoms with Crippen LogP contribution in [-0.4, -0.2) is 34.7 Å². The first-order valence-electron chi connectivity index (χ1n) is 6.51. The summed E-state index contributed by atoms with van der Waals surface area (Å²) in [5.41, 5.74) is 1.00. The monoisotopic (exact) mass is 308 g/mol. The molecule has 21 heavy (non-hydrogen) atoms. The van der Waals surface area contributed by atoms with Crippen molar-refractivity contribution in [3.63, 3.8) is 0 Å². The van der Waals surface area contributed by atoms with Gasteiger partial charge in [0.15, 0.2) is 0 Å². The van der Waals surface area contributed by atoms with Crippen LogP contribution in [-0.2, 0) is 9.59 Å². The molecule has 0 bridgehead atoms. The van der Waals surface area contributed by atoms with Crippen LogP contribution in [0.25, 0.3) is 0 Å². The van der Waals surface area contributed by atoms with Gasteiger partial charge in [-0.15, -0.1) is 11.8 Å². The van der Waals surface area contributed by atoms with Crippen LogP contribution in [0.5, 0.6) is 0 Å². The highest BCUT2D eigenvalue weighted by Crippen LogP contribution is 2.35. The molecule has 0 fully saturated rings. The summed E-state index contributed by atoms with van der Waals surface area (Å²) in [5.74, 6) is -2.06. The Labute approximate surface area is 126 Å². The second-order valence-electron chi connectivity index (χ2n) is 4.91. The van der Waals surface area contributed by atoms with Crippen LogP contribution >= 0.6 is 11.8 Å². The number of hydrogen-bond acceptors (Lipinski definition) is 4. The number of carbonyl (C=O) groups excluding carboxylic acids is 2. The van der Waals surface area contributed by atoms with E-state index >= 15 is 0 Å². The Morgan fingerprint density at radius 2 is 2.19 bits per heavy atom. The number of anilines is 1. The molecule has 7 heteroatoms. The summed E-state index contributed by atoms with van der Waals surface area (Å²) in [6.07, 6.45) is 0. The molecule has 1 aliphatic heterocycles. The van der Waals surface area contributed by atoms with Crippen LogP contribution in [0.1, 0.15) is 24.2 Å². The number of aliphatic carboxylic acids is 1. The fourth-order valence-corrected chi connectivity index (χ4v) is 2.72. The third-order valence-corrected chi connectivity index (χ3v) is 4.34. The number of amides is 2. The van der Waals surface area contributed by atoms with Crippen molar-refractivity contribution in [3.8, 4) is 0 Å². The smallest absolute Gasteiger partial charge is 0.308 e. The number of thioether (sulfide) groups is 1. The Morgan fingerprint density at radius 1 is 1.48 bits per heavy atom. The van der Waals surface area contributed by atoms with Crippen molar-refractivity contribution >= 4 is 35.2 Å². The van der Waals surface area contributed by atoms with Crippen LogP contribution < -0.4 is 10.6 Å². The number of rotatable bonds is 4. The summed E-state index contributed by atoms with van der Waals surface area (Å²) < 4.78 is 0. The van der Waals surface area contributed by atoms with Gasteiger partial charge in [0.05, 0.1) is 16.9 Å². The summed E-state index contributed by atoms with van der Waals surface area (Å²) in [7, 11) is 0. The van der Waals surface area contributed by atoms with Crippen molar-refractivity contribution in [2.24, 2.45) is 5.92 Å². The van der Waals surface area contributed by atoms with Gasteiger partial charge >= 0.3 is 5.97 Å². The molecule has 112 valence electrons. The Kier molecular flexibility index (Phi) is 4.52. The predicted molar refractivity (Wildman–Crippen MR) is 79.5 cm³/mol. The van der Waals surface area contributed by atoms with Crippen LogP contribution in [0.15, 0.2) is 23.1 Å². The van der Waals surface area contributed by atoms with E-state index < -0.39 is 11.9 Å². The van der Waals surface area contributed by atoms with E-state index in [1.807, 2.05) is 6.92 Å². The number of benzene rings is 1. The van der Waals surface area contributed by atoms with Crippen molar-refractivity contribution in [1.82, 2.24) is 5.32 Å². The summed E-state index contributed by atoms with van der Waals surface area (Å²) in [6.45, 7) is 3.40. The van der Waals surface area contributed by atoms with E-state index in [1.165, 1.54) is 18.7 Å². The number of hydrogen-bond donors (Lipinski definition) is 3. The maximum Gasteiger partial charge on any atom is 0.308 e. The van der Waals surface area contributed by atoms with Crippen molar-refractivity contribution < 1.29 is 19.5 Å². The fraction of sp³-hybridized carbons (Fsp3) is 0.357. The van der Waals surface area contributed by atoms with Gasteiger partial charge in [0.2, 0.25) is 5.91 Å². The fourth-order valence-electron chi connectivity index (χ4n) is 1.79. The Hall–Kier alpha value is -2.02. The minimum Gasteiger partial charge on any atom is -0.481 e. The molecule has 0 radical (unpaired) electrons. The minimum absolute atomic E-state index is 0.0589. The van der Waals surface area contributed by atoms with Gasteiger partial charge in [0, 0.05) is 17.0 Å². The molecular formula is C14H16N2O4S. The highest BCUT2D eigenvalue weighted by molar-refractivity contribution is 8.00. The van der Waals surface area contributed by atoms with Crippen molar-refractivity contribution in [3.05, 3.63) is 23.8 Å². The maximum atomic E-state index is 12.0. The average Bonchev–Trinajstić information content (AvgIpc) is 2.45. The highest BCUT2D eigenvalue weighted by Gasteiger charge is 2.23. The molecule has 0 saturated carbocycles. The van der Waals surface area contributed by atoms with Gasteiger partial charge in [-0.1, -0.05) is 6.92 Å². The zero-order chi connectivity index (χ0) is 15.6. The molecule has 2 unspecified atom stereocenters. The molecule has 2 atom stereocenters. The third-order valence-electron chi connectivity index (χ3n) is 3.16. The Balaban J connectivity index is 2.08. The number of carbonyl (C=O) groups is 3. The van der Waals surface area contributed by atoms with Gasteiger partial charge < -0.3 is 15.7 Å². The topological polar surface area (TPSA) is 95.5 Å². The zero-order valence-electron chi connectivity index (χ0n) is 11.7. The lowest BCUT2D eigenvalue weighted by Gasteiger charge is -2.21. The Bertz CT molecular complexity index is 603. The molecule has 0 spiro atoms. The van der Waals surface area contributed by atoms with Crippen molar-refractivity contribution in [2.75, 3.05) is 11.9 Å². The molecule has 6 nitrogen and oxygen atoms in total. The van der Waals surface area contributed by atoms with Crippen LogP contribution in [0.2, 0.25) is 0 Å². The number of nitrogens with one attached hydrogen (secondary N) is 2. The normalized spacial score (nSPS) is 18.4. The van der Waals surface area contributed by atoms with Crippen LogP contribution in [0, 0.1) is 5.92 Å². The standard InChI is InChI=1S/C14H16N2O4S/c1-7(14(19)20)6-15-13(18)9-3-4-11-10(5-9)16-12(17)8(2)21-11/h3-5,7-8H,6H2,1-2H3,(H,15,18)(H,16,17)(H,19,20). The lowest BCUT2D eigenvalue weighted by Crippen LogP contribution is -2.32. The maximum absolute atomic E-state index is 12.0. The molecule has 0 aromatic heterocycles. The summed E-state index contributed by atoms with van der Waals surface area (Å²) in [6, 6.07) is 5.05. The molecule has 0 aliphatic carbocycles. The number of carboxylic acids is 1. The molecule has 0 saturated heterocycles. The summed E-state index contributed by atoms with van der Waals surface area (Å²) >= 11 is 1.44. The van der Waals surface area contributed by atoms with Gasteiger partial charge in [0.25, 0.3) is 5.91 Å².